The summed E-state index contributed by atoms with van der Waals surface area (Å²) in [6, 6.07) is 0. The van der Waals surface area contributed by atoms with Crippen LogP contribution in [0.25, 0.3) is 0 Å². The fourth-order valence-corrected chi connectivity index (χ4v) is 1.46. The standard InChI is InChI=1S/C11H15N3O2/c1-12-10-8(11(15)13-2)5-14-6-9(10)16-7-3-4-7/h5-7H,3-4H2,1-2H3,(H,12,14)(H,13,15). The number of aromatic nitrogens is 1. The third kappa shape index (κ3) is 2.08. The first-order valence-corrected chi connectivity index (χ1v) is 5.30. The highest BCUT2D eigenvalue weighted by molar-refractivity contribution is 6.00. The lowest BCUT2D eigenvalue weighted by molar-refractivity contribution is 0.0963. The Hall–Kier alpha value is -1.78. The summed E-state index contributed by atoms with van der Waals surface area (Å²) in [4.78, 5) is 15.6. The molecule has 5 heteroatoms. The Kier molecular flexibility index (Phi) is 2.94. The minimum atomic E-state index is -0.168. The van der Waals surface area contributed by atoms with E-state index in [2.05, 4.69) is 15.6 Å². The molecule has 0 saturated heterocycles. The average molecular weight is 221 g/mol. The van der Waals surface area contributed by atoms with Gasteiger partial charge < -0.3 is 15.4 Å². The van der Waals surface area contributed by atoms with Crippen LogP contribution in [-0.2, 0) is 0 Å². The molecule has 1 aliphatic rings. The molecule has 0 radical (unpaired) electrons. The van der Waals surface area contributed by atoms with E-state index in [0.717, 1.165) is 12.8 Å². The third-order valence-electron chi connectivity index (χ3n) is 2.45. The maximum Gasteiger partial charge on any atom is 0.254 e. The Morgan fingerprint density at radius 2 is 2.19 bits per heavy atom. The van der Waals surface area contributed by atoms with Crippen molar-refractivity contribution in [1.82, 2.24) is 10.3 Å². The van der Waals surface area contributed by atoms with Gasteiger partial charge in [0.15, 0.2) is 5.75 Å². The van der Waals surface area contributed by atoms with Crippen molar-refractivity contribution in [3.63, 3.8) is 0 Å². The van der Waals surface area contributed by atoms with Crippen LogP contribution in [0.15, 0.2) is 12.4 Å². The topological polar surface area (TPSA) is 63.2 Å². The summed E-state index contributed by atoms with van der Waals surface area (Å²) in [5.74, 6) is 0.476. The Morgan fingerprint density at radius 1 is 1.44 bits per heavy atom. The number of nitrogens with one attached hydrogen (secondary N) is 2. The van der Waals surface area contributed by atoms with Gasteiger partial charge in [-0.25, -0.2) is 0 Å². The van der Waals surface area contributed by atoms with E-state index in [4.69, 9.17) is 4.74 Å². The molecule has 5 nitrogen and oxygen atoms in total. The molecule has 16 heavy (non-hydrogen) atoms. The molecule has 1 heterocycles. The molecule has 1 aromatic rings. The highest BCUT2D eigenvalue weighted by Gasteiger charge is 2.25. The molecular formula is C11H15N3O2. The zero-order valence-electron chi connectivity index (χ0n) is 9.41. The van der Waals surface area contributed by atoms with E-state index in [9.17, 15) is 4.79 Å². The largest absolute Gasteiger partial charge is 0.487 e. The minimum absolute atomic E-state index is 0.168. The second-order valence-electron chi connectivity index (χ2n) is 3.71. The summed E-state index contributed by atoms with van der Waals surface area (Å²) in [5, 5.41) is 5.56. The number of carbonyl (C=O) groups is 1. The van der Waals surface area contributed by atoms with Gasteiger partial charge in [0, 0.05) is 20.3 Å². The monoisotopic (exact) mass is 221 g/mol. The summed E-state index contributed by atoms with van der Waals surface area (Å²) in [6.07, 6.45) is 5.61. The first-order chi connectivity index (χ1) is 7.76. The third-order valence-corrected chi connectivity index (χ3v) is 2.45. The lowest BCUT2D eigenvalue weighted by Gasteiger charge is -2.13. The molecule has 86 valence electrons. The van der Waals surface area contributed by atoms with Crippen molar-refractivity contribution in [1.29, 1.82) is 0 Å². The van der Waals surface area contributed by atoms with Crippen molar-refractivity contribution in [2.75, 3.05) is 19.4 Å². The lowest BCUT2D eigenvalue weighted by Crippen LogP contribution is -2.20. The summed E-state index contributed by atoms with van der Waals surface area (Å²) < 4.78 is 5.68. The molecule has 1 amide bonds. The van der Waals surface area contributed by atoms with Gasteiger partial charge in [-0.2, -0.15) is 0 Å². The number of anilines is 1. The molecule has 2 N–H and O–H groups in total. The fraction of sp³-hybridized carbons (Fsp3) is 0.455. The normalized spacial score (nSPS) is 14.4. The van der Waals surface area contributed by atoms with Gasteiger partial charge in [-0.05, 0) is 12.8 Å². The molecule has 0 atom stereocenters. The van der Waals surface area contributed by atoms with Gasteiger partial charge in [0.25, 0.3) is 5.91 Å². The van der Waals surface area contributed by atoms with E-state index in [-0.39, 0.29) is 12.0 Å². The Balaban J connectivity index is 2.32. The molecule has 1 aromatic heterocycles. The Morgan fingerprint density at radius 3 is 2.75 bits per heavy atom. The van der Waals surface area contributed by atoms with Gasteiger partial charge in [0.1, 0.15) is 0 Å². The number of hydrogen-bond donors (Lipinski definition) is 2. The molecule has 0 bridgehead atoms. The SMILES string of the molecule is CNC(=O)c1cncc(OC2CC2)c1NC. The van der Waals surface area contributed by atoms with Crippen LogP contribution < -0.4 is 15.4 Å². The zero-order chi connectivity index (χ0) is 11.5. The van der Waals surface area contributed by atoms with Crippen molar-refractivity contribution in [3.05, 3.63) is 18.0 Å². The Bertz CT molecular complexity index is 402. The van der Waals surface area contributed by atoms with E-state index < -0.39 is 0 Å². The second kappa shape index (κ2) is 4.38. The molecule has 0 spiro atoms. The van der Waals surface area contributed by atoms with Crippen LogP contribution in [0.2, 0.25) is 0 Å². The van der Waals surface area contributed by atoms with E-state index in [1.807, 2.05) is 0 Å². The number of pyridine rings is 1. The number of ether oxygens (including phenoxy) is 1. The van der Waals surface area contributed by atoms with Crippen LogP contribution in [0.1, 0.15) is 23.2 Å². The molecule has 0 aromatic carbocycles. The highest BCUT2D eigenvalue weighted by Crippen LogP contribution is 2.33. The molecule has 1 aliphatic carbocycles. The van der Waals surface area contributed by atoms with Gasteiger partial charge >= 0.3 is 0 Å². The predicted octanol–water partition coefficient (Wildman–Crippen LogP) is 1.02. The predicted molar refractivity (Wildman–Crippen MR) is 60.8 cm³/mol. The van der Waals surface area contributed by atoms with Gasteiger partial charge in [-0.15, -0.1) is 0 Å². The van der Waals surface area contributed by atoms with Crippen molar-refractivity contribution < 1.29 is 9.53 Å². The maximum atomic E-state index is 11.6. The van der Waals surface area contributed by atoms with Crippen LogP contribution in [0, 0.1) is 0 Å². The van der Waals surface area contributed by atoms with Crippen LogP contribution in [0.4, 0.5) is 5.69 Å². The van der Waals surface area contributed by atoms with E-state index >= 15 is 0 Å². The molecule has 2 rings (SSSR count). The molecule has 1 fully saturated rings. The van der Waals surface area contributed by atoms with Crippen molar-refractivity contribution >= 4 is 11.6 Å². The average Bonchev–Trinajstić information content (AvgIpc) is 3.11. The smallest absolute Gasteiger partial charge is 0.254 e. The summed E-state index contributed by atoms with van der Waals surface area (Å²) >= 11 is 0. The Labute approximate surface area is 94.2 Å². The number of rotatable bonds is 4. The summed E-state index contributed by atoms with van der Waals surface area (Å²) in [7, 11) is 3.36. The van der Waals surface area contributed by atoms with Gasteiger partial charge in [-0.1, -0.05) is 0 Å². The first kappa shape index (κ1) is 10.7. The number of carbonyl (C=O) groups excluding carboxylic acids is 1. The van der Waals surface area contributed by atoms with Crippen LogP contribution in [-0.4, -0.2) is 31.1 Å². The molecule has 0 aliphatic heterocycles. The van der Waals surface area contributed by atoms with E-state index in [0.29, 0.717) is 17.0 Å². The fourth-order valence-electron chi connectivity index (χ4n) is 1.46. The lowest BCUT2D eigenvalue weighted by atomic mass is 10.2. The van der Waals surface area contributed by atoms with Crippen LogP contribution in [0.3, 0.4) is 0 Å². The van der Waals surface area contributed by atoms with Gasteiger partial charge in [-0.3, -0.25) is 9.78 Å². The van der Waals surface area contributed by atoms with Crippen LogP contribution >= 0.6 is 0 Å². The molecule has 1 saturated carbocycles. The van der Waals surface area contributed by atoms with Crippen molar-refractivity contribution in [2.45, 2.75) is 18.9 Å². The van der Waals surface area contributed by atoms with Gasteiger partial charge in [0.2, 0.25) is 0 Å². The van der Waals surface area contributed by atoms with E-state index in [1.165, 1.54) is 6.20 Å². The van der Waals surface area contributed by atoms with Crippen molar-refractivity contribution in [2.24, 2.45) is 0 Å². The summed E-state index contributed by atoms with van der Waals surface area (Å²) in [5.41, 5.74) is 1.20. The maximum absolute atomic E-state index is 11.6. The molecule has 0 unspecified atom stereocenters. The number of amides is 1. The number of nitrogens with zero attached hydrogens (tertiary/aromatic N) is 1. The first-order valence-electron chi connectivity index (χ1n) is 5.30. The number of hydrogen-bond acceptors (Lipinski definition) is 4. The summed E-state index contributed by atoms with van der Waals surface area (Å²) in [6.45, 7) is 0. The molecular weight excluding hydrogens is 206 g/mol. The van der Waals surface area contributed by atoms with Crippen LogP contribution in [0.5, 0.6) is 5.75 Å². The minimum Gasteiger partial charge on any atom is -0.487 e. The second-order valence-corrected chi connectivity index (χ2v) is 3.71. The quantitative estimate of drug-likeness (QED) is 0.797. The van der Waals surface area contributed by atoms with E-state index in [1.54, 1.807) is 20.3 Å². The van der Waals surface area contributed by atoms with Crippen molar-refractivity contribution in [3.8, 4) is 5.75 Å². The zero-order valence-corrected chi connectivity index (χ0v) is 9.41. The highest BCUT2D eigenvalue weighted by atomic mass is 16.5. The van der Waals surface area contributed by atoms with Gasteiger partial charge in [0.05, 0.1) is 23.6 Å².